The van der Waals surface area contributed by atoms with Crippen LogP contribution in [0.1, 0.15) is 28.2 Å². The van der Waals surface area contributed by atoms with Crippen molar-refractivity contribution in [2.24, 2.45) is 0 Å². The number of aryl methyl sites for hydroxylation is 1. The van der Waals surface area contributed by atoms with Gasteiger partial charge in [0.15, 0.2) is 0 Å². The average Bonchev–Trinajstić information content (AvgIpc) is 2.99. The lowest BCUT2D eigenvalue weighted by Crippen LogP contribution is -1.99. The minimum atomic E-state index is 0.330. The predicted octanol–water partition coefficient (Wildman–Crippen LogP) is 7.13. The second-order valence-corrected chi connectivity index (χ2v) is 7.00. The molecule has 1 atom stereocenters. The Labute approximate surface area is 152 Å². The second-order valence-electron chi connectivity index (χ2n) is 6.16. The molecule has 0 saturated carbocycles. The smallest absolute Gasteiger partial charge is 0.0499 e. The molecule has 4 rings (SSSR count). The van der Waals surface area contributed by atoms with Gasteiger partial charge in [-0.25, -0.2) is 0 Å². The minimum absolute atomic E-state index is 0.330. The summed E-state index contributed by atoms with van der Waals surface area (Å²) in [4.78, 5) is 0. The first kappa shape index (κ1) is 15.5. The molecule has 0 heterocycles. The van der Waals surface area contributed by atoms with E-state index in [0.717, 1.165) is 11.1 Å². The van der Waals surface area contributed by atoms with Crippen molar-refractivity contribution in [2.45, 2.75) is 12.8 Å². The summed E-state index contributed by atoms with van der Waals surface area (Å²) in [7, 11) is 0. The van der Waals surface area contributed by atoms with Gasteiger partial charge in [0.2, 0.25) is 0 Å². The molecule has 0 amide bonds. The van der Waals surface area contributed by atoms with Crippen LogP contribution in [0.3, 0.4) is 0 Å². The fraction of sp³-hybridized carbons (Fsp3) is 0.0909. The van der Waals surface area contributed by atoms with Crippen LogP contribution in [-0.4, -0.2) is 0 Å². The first-order valence-corrected chi connectivity index (χ1v) is 8.72. The highest BCUT2D eigenvalue weighted by Gasteiger charge is 2.20. The number of hydrogen-bond acceptors (Lipinski definition) is 0. The highest BCUT2D eigenvalue weighted by Crippen LogP contribution is 2.38. The highest BCUT2D eigenvalue weighted by molar-refractivity contribution is 6.36. The Morgan fingerprint density at radius 3 is 2.46 bits per heavy atom. The molecule has 3 aromatic rings. The van der Waals surface area contributed by atoms with Crippen LogP contribution in [0.5, 0.6) is 0 Å². The average molecular weight is 351 g/mol. The van der Waals surface area contributed by atoms with Crippen molar-refractivity contribution in [3.63, 3.8) is 0 Å². The van der Waals surface area contributed by atoms with Crippen LogP contribution in [0.4, 0.5) is 0 Å². The molecule has 1 unspecified atom stereocenters. The van der Waals surface area contributed by atoms with E-state index in [0.29, 0.717) is 16.0 Å². The van der Waals surface area contributed by atoms with Gasteiger partial charge in [-0.1, -0.05) is 83.9 Å². The van der Waals surface area contributed by atoms with Gasteiger partial charge < -0.3 is 0 Å². The number of hydrogen-bond donors (Lipinski definition) is 0. The van der Waals surface area contributed by atoms with Gasteiger partial charge in [0.25, 0.3) is 0 Å². The molecule has 118 valence electrons. The van der Waals surface area contributed by atoms with Crippen molar-refractivity contribution >= 4 is 29.3 Å². The number of allylic oxidation sites excluding steroid dienone is 1. The molecule has 3 aromatic carbocycles. The zero-order valence-electron chi connectivity index (χ0n) is 13.3. The summed E-state index contributed by atoms with van der Waals surface area (Å²) in [5.41, 5.74) is 7.42. The van der Waals surface area contributed by atoms with E-state index in [1.807, 2.05) is 12.1 Å². The Hall–Kier alpha value is -2.02. The van der Waals surface area contributed by atoms with Gasteiger partial charge in [0.05, 0.1) is 0 Å². The fourth-order valence-electron chi connectivity index (χ4n) is 3.44. The van der Waals surface area contributed by atoms with Gasteiger partial charge in [-0.2, -0.15) is 0 Å². The Balaban J connectivity index is 1.75. The SMILES string of the molecule is Cc1cc(-c2ccc(Cl)cc2Cl)ccc1C1C=Cc2ccccc21. The predicted molar refractivity (Wildman–Crippen MR) is 104 cm³/mol. The van der Waals surface area contributed by atoms with Crippen molar-refractivity contribution in [3.05, 3.63) is 99.0 Å². The van der Waals surface area contributed by atoms with Crippen molar-refractivity contribution in [3.8, 4) is 11.1 Å². The van der Waals surface area contributed by atoms with Crippen LogP contribution >= 0.6 is 23.2 Å². The Bertz CT molecular complexity index is 954. The maximum atomic E-state index is 6.35. The van der Waals surface area contributed by atoms with Crippen molar-refractivity contribution in [1.82, 2.24) is 0 Å². The standard InChI is InChI=1S/C22H16Cl2/c1-14-12-16(20-11-8-17(23)13-22(20)24)7-9-18(14)21-10-6-15-4-2-3-5-19(15)21/h2-13,21H,1H3. The summed E-state index contributed by atoms with van der Waals surface area (Å²) < 4.78 is 0. The van der Waals surface area contributed by atoms with E-state index in [1.165, 1.54) is 22.3 Å². The molecule has 0 aliphatic heterocycles. The van der Waals surface area contributed by atoms with Gasteiger partial charge in [-0.05, 0) is 46.9 Å². The van der Waals surface area contributed by atoms with Gasteiger partial charge in [-0.15, -0.1) is 0 Å². The molecule has 0 aromatic heterocycles. The van der Waals surface area contributed by atoms with Crippen LogP contribution < -0.4 is 0 Å². The summed E-state index contributed by atoms with van der Waals surface area (Å²) in [5.74, 6) is 0.330. The number of benzene rings is 3. The van der Waals surface area contributed by atoms with E-state index in [-0.39, 0.29) is 0 Å². The quantitative estimate of drug-likeness (QED) is 0.461. The fourth-order valence-corrected chi connectivity index (χ4v) is 3.95. The molecule has 1 aliphatic carbocycles. The molecule has 0 nitrogen and oxygen atoms in total. The van der Waals surface area contributed by atoms with Gasteiger partial charge in [-0.3, -0.25) is 0 Å². The molecule has 1 aliphatic rings. The third-order valence-corrected chi connectivity index (χ3v) is 5.19. The molecule has 0 saturated heterocycles. The topological polar surface area (TPSA) is 0 Å². The monoisotopic (exact) mass is 350 g/mol. The first-order valence-electron chi connectivity index (χ1n) is 7.96. The summed E-state index contributed by atoms with van der Waals surface area (Å²) >= 11 is 12.4. The third-order valence-electron chi connectivity index (χ3n) is 4.65. The Morgan fingerprint density at radius 1 is 0.833 bits per heavy atom. The number of fused-ring (bicyclic) bond motifs is 1. The molecule has 24 heavy (non-hydrogen) atoms. The van der Waals surface area contributed by atoms with E-state index in [2.05, 4.69) is 61.5 Å². The van der Waals surface area contributed by atoms with Crippen LogP contribution in [0.25, 0.3) is 17.2 Å². The molecular formula is C22H16Cl2. The van der Waals surface area contributed by atoms with Gasteiger partial charge in [0.1, 0.15) is 0 Å². The minimum Gasteiger partial charge on any atom is -0.0843 e. The Kier molecular flexibility index (Phi) is 3.96. The molecule has 0 spiro atoms. The zero-order chi connectivity index (χ0) is 16.7. The Morgan fingerprint density at radius 2 is 1.67 bits per heavy atom. The van der Waals surface area contributed by atoms with Gasteiger partial charge in [0, 0.05) is 21.5 Å². The lowest BCUT2D eigenvalue weighted by molar-refractivity contribution is 1.03. The highest BCUT2D eigenvalue weighted by atomic mass is 35.5. The van der Waals surface area contributed by atoms with Crippen LogP contribution in [0.15, 0.2) is 66.7 Å². The van der Waals surface area contributed by atoms with E-state index in [1.54, 1.807) is 6.07 Å². The third kappa shape index (κ3) is 2.66. The number of halogens is 2. The maximum absolute atomic E-state index is 6.35. The van der Waals surface area contributed by atoms with E-state index in [4.69, 9.17) is 23.2 Å². The maximum Gasteiger partial charge on any atom is 0.0499 e. The summed E-state index contributed by atoms with van der Waals surface area (Å²) in [5, 5.41) is 1.34. The molecule has 2 heteroatoms. The summed E-state index contributed by atoms with van der Waals surface area (Å²) in [6, 6.07) is 20.8. The normalized spacial score (nSPS) is 15.5. The molecule has 0 bridgehead atoms. The van der Waals surface area contributed by atoms with Crippen molar-refractivity contribution < 1.29 is 0 Å². The summed E-state index contributed by atoms with van der Waals surface area (Å²) in [6.07, 6.45) is 4.49. The van der Waals surface area contributed by atoms with E-state index >= 15 is 0 Å². The van der Waals surface area contributed by atoms with E-state index < -0.39 is 0 Å². The van der Waals surface area contributed by atoms with Crippen molar-refractivity contribution in [2.75, 3.05) is 0 Å². The lowest BCUT2D eigenvalue weighted by atomic mass is 9.88. The first-order chi connectivity index (χ1) is 11.6. The molecule has 0 radical (unpaired) electrons. The van der Waals surface area contributed by atoms with E-state index in [9.17, 15) is 0 Å². The summed E-state index contributed by atoms with van der Waals surface area (Å²) in [6.45, 7) is 2.16. The molecule has 0 N–H and O–H groups in total. The van der Waals surface area contributed by atoms with Crippen molar-refractivity contribution in [1.29, 1.82) is 0 Å². The van der Waals surface area contributed by atoms with Gasteiger partial charge >= 0.3 is 0 Å². The molecule has 0 fully saturated rings. The molecular weight excluding hydrogens is 335 g/mol. The largest absolute Gasteiger partial charge is 0.0843 e. The van der Waals surface area contributed by atoms with Crippen LogP contribution in [0, 0.1) is 6.92 Å². The van der Waals surface area contributed by atoms with Crippen LogP contribution in [0.2, 0.25) is 10.0 Å². The zero-order valence-corrected chi connectivity index (χ0v) is 14.8. The lowest BCUT2D eigenvalue weighted by Gasteiger charge is -2.16. The second kappa shape index (κ2) is 6.12. The van der Waals surface area contributed by atoms with Crippen LogP contribution in [-0.2, 0) is 0 Å². The number of rotatable bonds is 2.